The van der Waals surface area contributed by atoms with Crippen LogP contribution in [0.1, 0.15) is 37.8 Å². The molecule has 0 radical (unpaired) electrons. The Hall–Kier alpha value is -2.55. The zero-order valence-electron chi connectivity index (χ0n) is 15.2. The van der Waals surface area contributed by atoms with Gasteiger partial charge in [-0.25, -0.2) is 4.98 Å². The molecule has 0 spiro atoms. The third-order valence-electron chi connectivity index (χ3n) is 5.22. The first kappa shape index (κ1) is 16.9. The number of ether oxygens (including phenoxy) is 1. The van der Waals surface area contributed by atoms with Crippen molar-refractivity contribution in [2.75, 3.05) is 11.9 Å². The first-order valence-corrected chi connectivity index (χ1v) is 9.68. The Morgan fingerprint density at radius 1 is 0.885 bits per heavy atom. The van der Waals surface area contributed by atoms with Crippen molar-refractivity contribution in [2.24, 2.45) is 5.92 Å². The van der Waals surface area contributed by atoms with E-state index in [1.165, 1.54) is 37.8 Å². The molecule has 0 aliphatic heterocycles. The summed E-state index contributed by atoms with van der Waals surface area (Å²) in [5, 5.41) is 4.72. The average molecular weight is 346 g/mol. The molecular formula is C23H26N2O. The van der Waals surface area contributed by atoms with Crippen LogP contribution in [0.2, 0.25) is 0 Å². The van der Waals surface area contributed by atoms with Crippen molar-refractivity contribution in [3.8, 4) is 5.75 Å². The summed E-state index contributed by atoms with van der Waals surface area (Å²) in [5.41, 5.74) is 3.13. The average Bonchev–Trinajstić information content (AvgIpc) is 2.72. The van der Waals surface area contributed by atoms with Gasteiger partial charge in [-0.15, -0.1) is 0 Å². The van der Waals surface area contributed by atoms with Crippen LogP contribution in [0.25, 0.3) is 10.9 Å². The van der Waals surface area contributed by atoms with E-state index in [0.717, 1.165) is 34.8 Å². The van der Waals surface area contributed by atoms with Gasteiger partial charge in [0.2, 0.25) is 0 Å². The number of benzene rings is 2. The minimum atomic E-state index is 0.486. The van der Waals surface area contributed by atoms with Gasteiger partial charge in [0.15, 0.2) is 0 Å². The molecule has 1 saturated carbocycles. The highest BCUT2D eigenvalue weighted by atomic mass is 16.5. The minimum Gasteiger partial charge on any atom is -0.487 e. The SMILES string of the molecule is c1ccc2nc(COc3ccc(NCC4CCCCC4)cc3)ccc2c1. The predicted molar refractivity (Wildman–Crippen MR) is 108 cm³/mol. The molecule has 0 saturated heterocycles. The summed E-state index contributed by atoms with van der Waals surface area (Å²) in [4.78, 5) is 4.65. The molecule has 1 N–H and O–H groups in total. The van der Waals surface area contributed by atoms with Gasteiger partial charge in [0.25, 0.3) is 0 Å². The van der Waals surface area contributed by atoms with Crippen LogP contribution in [0.4, 0.5) is 5.69 Å². The predicted octanol–water partition coefficient (Wildman–Crippen LogP) is 5.81. The fourth-order valence-corrected chi connectivity index (χ4v) is 3.67. The van der Waals surface area contributed by atoms with E-state index in [9.17, 15) is 0 Å². The molecule has 26 heavy (non-hydrogen) atoms. The van der Waals surface area contributed by atoms with Gasteiger partial charge in [0.1, 0.15) is 12.4 Å². The topological polar surface area (TPSA) is 34.1 Å². The van der Waals surface area contributed by atoms with Gasteiger partial charge in [-0.3, -0.25) is 0 Å². The Labute approximate surface area is 155 Å². The lowest BCUT2D eigenvalue weighted by molar-refractivity contribution is 0.302. The molecule has 3 nitrogen and oxygen atoms in total. The monoisotopic (exact) mass is 346 g/mol. The second kappa shape index (κ2) is 8.22. The van der Waals surface area contributed by atoms with E-state index in [1.807, 2.05) is 36.4 Å². The fourth-order valence-electron chi connectivity index (χ4n) is 3.67. The van der Waals surface area contributed by atoms with Crippen molar-refractivity contribution < 1.29 is 4.74 Å². The van der Waals surface area contributed by atoms with Crippen LogP contribution in [0.3, 0.4) is 0 Å². The van der Waals surface area contributed by atoms with Crippen LogP contribution in [-0.4, -0.2) is 11.5 Å². The van der Waals surface area contributed by atoms with Crippen LogP contribution < -0.4 is 10.1 Å². The smallest absolute Gasteiger partial charge is 0.130 e. The summed E-state index contributed by atoms with van der Waals surface area (Å²) in [6.07, 6.45) is 6.93. The quantitative estimate of drug-likeness (QED) is 0.612. The molecule has 0 amide bonds. The molecule has 1 aliphatic rings. The lowest BCUT2D eigenvalue weighted by Crippen LogP contribution is -2.16. The van der Waals surface area contributed by atoms with E-state index in [0.29, 0.717) is 6.61 Å². The number of nitrogens with zero attached hydrogens (tertiary/aromatic N) is 1. The minimum absolute atomic E-state index is 0.486. The highest BCUT2D eigenvalue weighted by molar-refractivity contribution is 5.78. The standard InChI is InChI=1S/C23H26N2O/c1-2-6-18(7-3-1)16-24-20-12-14-22(15-13-20)26-17-21-11-10-19-8-4-5-9-23(19)25-21/h4-5,8-15,18,24H,1-3,6-7,16-17H2. The van der Waals surface area contributed by atoms with Gasteiger partial charge in [-0.05, 0) is 55.2 Å². The molecule has 0 unspecified atom stereocenters. The summed E-state index contributed by atoms with van der Waals surface area (Å²) in [5.74, 6) is 1.71. The first-order valence-electron chi connectivity index (χ1n) is 9.68. The zero-order valence-corrected chi connectivity index (χ0v) is 15.2. The van der Waals surface area contributed by atoms with Crippen molar-refractivity contribution in [1.82, 2.24) is 4.98 Å². The fraction of sp³-hybridized carbons (Fsp3) is 0.348. The van der Waals surface area contributed by atoms with Crippen LogP contribution in [0.5, 0.6) is 5.75 Å². The van der Waals surface area contributed by atoms with E-state index in [2.05, 4.69) is 34.6 Å². The van der Waals surface area contributed by atoms with E-state index >= 15 is 0 Å². The molecule has 1 fully saturated rings. The molecule has 134 valence electrons. The number of fused-ring (bicyclic) bond motifs is 1. The lowest BCUT2D eigenvalue weighted by atomic mass is 9.89. The highest BCUT2D eigenvalue weighted by Crippen LogP contribution is 2.24. The molecule has 4 rings (SSSR count). The largest absolute Gasteiger partial charge is 0.487 e. The van der Waals surface area contributed by atoms with E-state index in [-0.39, 0.29) is 0 Å². The molecule has 1 heterocycles. The van der Waals surface area contributed by atoms with Gasteiger partial charge in [-0.2, -0.15) is 0 Å². The van der Waals surface area contributed by atoms with Gasteiger partial charge >= 0.3 is 0 Å². The Kier molecular flexibility index (Phi) is 5.34. The summed E-state index contributed by atoms with van der Waals surface area (Å²) >= 11 is 0. The summed E-state index contributed by atoms with van der Waals surface area (Å²) in [7, 11) is 0. The number of hydrogen-bond acceptors (Lipinski definition) is 3. The number of anilines is 1. The summed E-state index contributed by atoms with van der Waals surface area (Å²) < 4.78 is 5.90. The van der Waals surface area contributed by atoms with Crippen molar-refractivity contribution in [1.29, 1.82) is 0 Å². The second-order valence-corrected chi connectivity index (χ2v) is 7.19. The molecule has 1 aliphatic carbocycles. The Morgan fingerprint density at radius 2 is 1.69 bits per heavy atom. The van der Waals surface area contributed by atoms with Gasteiger partial charge in [-0.1, -0.05) is 43.5 Å². The molecule has 0 atom stereocenters. The Balaban J connectivity index is 1.30. The maximum absolute atomic E-state index is 5.90. The van der Waals surface area contributed by atoms with Crippen molar-refractivity contribution in [3.63, 3.8) is 0 Å². The number of aromatic nitrogens is 1. The molecule has 3 heteroatoms. The highest BCUT2D eigenvalue weighted by Gasteiger charge is 2.12. The molecule has 2 aromatic carbocycles. The summed E-state index contributed by atoms with van der Waals surface area (Å²) in [6.45, 7) is 1.57. The third kappa shape index (κ3) is 4.34. The van der Waals surface area contributed by atoms with E-state index in [4.69, 9.17) is 4.74 Å². The van der Waals surface area contributed by atoms with Gasteiger partial charge < -0.3 is 10.1 Å². The second-order valence-electron chi connectivity index (χ2n) is 7.19. The van der Waals surface area contributed by atoms with E-state index < -0.39 is 0 Å². The van der Waals surface area contributed by atoms with Crippen molar-refractivity contribution in [3.05, 3.63) is 66.4 Å². The number of nitrogens with one attached hydrogen (secondary N) is 1. The van der Waals surface area contributed by atoms with Crippen molar-refractivity contribution >= 4 is 16.6 Å². The zero-order chi connectivity index (χ0) is 17.6. The number of para-hydroxylation sites is 1. The van der Waals surface area contributed by atoms with Gasteiger partial charge in [0.05, 0.1) is 11.2 Å². The molecule has 1 aromatic heterocycles. The van der Waals surface area contributed by atoms with Crippen molar-refractivity contribution in [2.45, 2.75) is 38.7 Å². The maximum Gasteiger partial charge on any atom is 0.130 e. The first-order chi connectivity index (χ1) is 12.9. The molecule has 3 aromatic rings. The summed E-state index contributed by atoms with van der Waals surface area (Å²) in [6, 6.07) is 20.6. The normalized spacial score (nSPS) is 15.1. The number of rotatable bonds is 6. The molecule has 0 bridgehead atoms. The third-order valence-corrected chi connectivity index (χ3v) is 5.22. The maximum atomic E-state index is 5.90. The lowest BCUT2D eigenvalue weighted by Gasteiger charge is -2.22. The molecular weight excluding hydrogens is 320 g/mol. The van der Waals surface area contributed by atoms with Gasteiger partial charge in [0, 0.05) is 17.6 Å². The Bertz CT molecular complexity index is 838. The Morgan fingerprint density at radius 3 is 2.54 bits per heavy atom. The number of pyridine rings is 1. The number of hydrogen-bond donors (Lipinski definition) is 1. The van der Waals surface area contributed by atoms with Crippen LogP contribution in [0.15, 0.2) is 60.7 Å². The van der Waals surface area contributed by atoms with E-state index in [1.54, 1.807) is 0 Å². The van der Waals surface area contributed by atoms with Crippen LogP contribution in [-0.2, 0) is 6.61 Å². The van der Waals surface area contributed by atoms with Crippen LogP contribution in [0, 0.1) is 5.92 Å². The van der Waals surface area contributed by atoms with Crippen LogP contribution >= 0.6 is 0 Å².